The van der Waals surface area contributed by atoms with Crippen molar-refractivity contribution in [2.75, 3.05) is 6.54 Å². The summed E-state index contributed by atoms with van der Waals surface area (Å²) in [6.45, 7) is 2.04. The monoisotopic (exact) mass is 247 g/mol. The van der Waals surface area contributed by atoms with E-state index in [1.165, 1.54) is 7.05 Å². The van der Waals surface area contributed by atoms with Crippen LogP contribution in [-0.4, -0.2) is 22.2 Å². The minimum absolute atomic E-state index is 0.123. The second-order valence-electron chi connectivity index (χ2n) is 3.32. The number of rotatable bonds is 3. The molecule has 1 N–H and O–H groups in total. The number of carbonyl (C=O) groups is 1. The van der Waals surface area contributed by atoms with E-state index in [9.17, 15) is 18.0 Å². The fourth-order valence-corrected chi connectivity index (χ4v) is 1.18. The molecule has 0 saturated heterocycles. The Morgan fingerprint density at radius 3 is 2.71 bits per heavy atom. The lowest BCUT2D eigenvalue weighted by molar-refractivity contribution is -0.141. The van der Waals surface area contributed by atoms with Gasteiger partial charge >= 0.3 is 6.18 Å². The highest BCUT2D eigenvalue weighted by Gasteiger charge is 2.35. The number of aromatic nitrogens is 2. The first-order valence-electron chi connectivity index (χ1n) is 4.87. The van der Waals surface area contributed by atoms with E-state index in [0.29, 0.717) is 0 Å². The summed E-state index contributed by atoms with van der Waals surface area (Å²) in [7, 11) is 1.29. The van der Waals surface area contributed by atoms with Gasteiger partial charge in [-0.1, -0.05) is 12.2 Å². The van der Waals surface area contributed by atoms with Crippen LogP contribution in [0.3, 0.4) is 0 Å². The van der Waals surface area contributed by atoms with E-state index in [1.54, 1.807) is 19.1 Å². The van der Waals surface area contributed by atoms with Gasteiger partial charge in [0, 0.05) is 19.7 Å². The summed E-state index contributed by atoms with van der Waals surface area (Å²) in [5.74, 6) is -0.589. The highest BCUT2D eigenvalue weighted by atomic mass is 19.4. The minimum Gasteiger partial charge on any atom is -0.347 e. The molecule has 94 valence electrons. The van der Waals surface area contributed by atoms with Gasteiger partial charge in [-0.25, -0.2) is 0 Å². The van der Waals surface area contributed by atoms with E-state index in [-0.39, 0.29) is 12.2 Å². The molecule has 0 saturated carbocycles. The van der Waals surface area contributed by atoms with Crippen LogP contribution in [0.5, 0.6) is 0 Å². The normalized spacial score (nSPS) is 12.1. The molecule has 0 aliphatic carbocycles. The maximum atomic E-state index is 12.3. The van der Waals surface area contributed by atoms with Crippen molar-refractivity contribution in [1.29, 1.82) is 0 Å². The molecule has 1 rings (SSSR count). The first-order valence-corrected chi connectivity index (χ1v) is 4.87. The molecular weight excluding hydrogens is 235 g/mol. The fraction of sp³-hybridized carbons (Fsp3) is 0.400. The third-order valence-electron chi connectivity index (χ3n) is 2.02. The quantitative estimate of drug-likeness (QED) is 0.827. The van der Waals surface area contributed by atoms with Gasteiger partial charge in [0.1, 0.15) is 5.69 Å². The molecule has 1 aromatic heterocycles. The van der Waals surface area contributed by atoms with Crippen LogP contribution < -0.4 is 5.32 Å². The number of aryl methyl sites for hydroxylation is 1. The zero-order chi connectivity index (χ0) is 13.1. The number of carbonyl (C=O) groups excluding carboxylic acids is 1. The maximum absolute atomic E-state index is 12.3. The second kappa shape index (κ2) is 5.03. The van der Waals surface area contributed by atoms with Crippen LogP contribution in [0.25, 0.3) is 0 Å². The van der Waals surface area contributed by atoms with Gasteiger partial charge in [-0.15, -0.1) is 0 Å². The number of hydrogen-bond donors (Lipinski definition) is 1. The molecule has 1 aromatic rings. The van der Waals surface area contributed by atoms with Crippen LogP contribution in [-0.2, 0) is 13.2 Å². The predicted octanol–water partition coefficient (Wildman–Crippen LogP) is 1.74. The average Bonchev–Trinajstić information content (AvgIpc) is 2.60. The lowest BCUT2D eigenvalue weighted by Crippen LogP contribution is -2.25. The maximum Gasteiger partial charge on any atom is 0.435 e. The smallest absolute Gasteiger partial charge is 0.347 e. The predicted molar refractivity (Wildman–Crippen MR) is 55.4 cm³/mol. The third-order valence-corrected chi connectivity index (χ3v) is 2.02. The molecular formula is C10H12F3N3O. The van der Waals surface area contributed by atoms with Crippen LogP contribution in [0.2, 0.25) is 0 Å². The van der Waals surface area contributed by atoms with Crippen molar-refractivity contribution in [3.63, 3.8) is 0 Å². The molecule has 1 amide bonds. The Balaban J connectivity index is 2.84. The molecule has 0 aromatic carbocycles. The van der Waals surface area contributed by atoms with E-state index in [4.69, 9.17) is 0 Å². The molecule has 0 radical (unpaired) electrons. The van der Waals surface area contributed by atoms with Crippen LogP contribution in [0.4, 0.5) is 13.2 Å². The number of halogens is 3. The van der Waals surface area contributed by atoms with E-state index >= 15 is 0 Å². The Morgan fingerprint density at radius 1 is 1.59 bits per heavy atom. The van der Waals surface area contributed by atoms with Gasteiger partial charge in [-0.05, 0) is 6.92 Å². The Hall–Kier alpha value is -1.79. The van der Waals surface area contributed by atoms with Crippen molar-refractivity contribution < 1.29 is 18.0 Å². The first kappa shape index (κ1) is 13.3. The number of hydrogen-bond acceptors (Lipinski definition) is 2. The van der Waals surface area contributed by atoms with Crippen LogP contribution in [0.15, 0.2) is 18.2 Å². The molecule has 0 bridgehead atoms. The first-order chi connectivity index (χ1) is 7.86. The number of nitrogens with one attached hydrogen (secondary N) is 1. The third kappa shape index (κ3) is 3.33. The molecule has 7 heteroatoms. The molecule has 4 nitrogen and oxygen atoms in total. The lowest BCUT2D eigenvalue weighted by atomic mass is 10.3. The van der Waals surface area contributed by atoms with Crippen LogP contribution in [0.1, 0.15) is 23.1 Å². The fourth-order valence-electron chi connectivity index (χ4n) is 1.18. The number of alkyl halides is 3. The number of nitrogens with zero attached hydrogens (tertiary/aromatic N) is 2. The Labute approximate surface area is 96.1 Å². The number of allylic oxidation sites excluding steroid dienone is 1. The van der Waals surface area contributed by atoms with Crippen molar-refractivity contribution in [2.45, 2.75) is 13.1 Å². The highest BCUT2D eigenvalue weighted by molar-refractivity contribution is 5.92. The van der Waals surface area contributed by atoms with Gasteiger partial charge in [0.25, 0.3) is 5.91 Å². The molecule has 17 heavy (non-hydrogen) atoms. The van der Waals surface area contributed by atoms with Gasteiger partial charge in [-0.3, -0.25) is 9.48 Å². The Kier molecular flexibility index (Phi) is 3.93. The second-order valence-corrected chi connectivity index (χ2v) is 3.32. The summed E-state index contributed by atoms with van der Waals surface area (Å²) in [5.41, 5.74) is -1.20. The van der Waals surface area contributed by atoms with Gasteiger partial charge < -0.3 is 5.32 Å². The van der Waals surface area contributed by atoms with Crippen molar-refractivity contribution in [1.82, 2.24) is 15.1 Å². The molecule has 0 atom stereocenters. The SMILES string of the molecule is C/C=C/CNC(=O)c1cc(C(F)(F)F)nn1C. The zero-order valence-corrected chi connectivity index (χ0v) is 9.38. The Morgan fingerprint density at radius 2 is 2.24 bits per heavy atom. The summed E-state index contributed by atoms with van der Waals surface area (Å²) < 4.78 is 37.9. The van der Waals surface area contributed by atoms with Crippen LogP contribution >= 0.6 is 0 Å². The van der Waals surface area contributed by atoms with Crippen LogP contribution in [0, 0.1) is 0 Å². The summed E-state index contributed by atoms with van der Waals surface area (Å²) >= 11 is 0. The van der Waals surface area contributed by atoms with Gasteiger partial charge in [0.05, 0.1) is 0 Å². The highest BCUT2D eigenvalue weighted by Crippen LogP contribution is 2.28. The van der Waals surface area contributed by atoms with E-state index in [1.807, 2.05) is 0 Å². The largest absolute Gasteiger partial charge is 0.435 e. The Bertz CT molecular complexity index is 434. The molecule has 0 fully saturated rings. The van der Waals surface area contributed by atoms with E-state index < -0.39 is 17.8 Å². The standard InChI is InChI=1S/C10H12F3N3O/c1-3-4-5-14-9(17)7-6-8(10(11,12)13)15-16(7)2/h3-4,6H,5H2,1-2H3,(H,14,17)/b4-3+. The van der Waals surface area contributed by atoms with Crippen molar-refractivity contribution in [3.05, 3.63) is 29.6 Å². The van der Waals surface area contributed by atoms with Crippen molar-refractivity contribution in [3.8, 4) is 0 Å². The van der Waals surface area contributed by atoms with Gasteiger partial charge in [0.2, 0.25) is 0 Å². The summed E-state index contributed by atoms with van der Waals surface area (Å²) in [4.78, 5) is 11.5. The topological polar surface area (TPSA) is 46.9 Å². The van der Waals surface area contributed by atoms with Gasteiger partial charge in [0.15, 0.2) is 5.69 Å². The number of amides is 1. The molecule has 0 unspecified atom stereocenters. The summed E-state index contributed by atoms with van der Waals surface area (Å²) in [6, 6.07) is 0.727. The van der Waals surface area contributed by atoms with Gasteiger partial charge in [-0.2, -0.15) is 18.3 Å². The molecule has 1 heterocycles. The zero-order valence-electron chi connectivity index (χ0n) is 9.38. The van der Waals surface area contributed by atoms with Crippen molar-refractivity contribution in [2.24, 2.45) is 7.05 Å². The lowest BCUT2D eigenvalue weighted by Gasteiger charge is -2.01. The van der Waals surface area contributed by atoms with E-state index in [2.05, 4.69) is 10.4 Å². The minimum atomic E-state index is -4.54. The molecule has 0 aliphatic heterocycles. The summed E-state index contributed by atoms with van der Waals surface area (Å²) in [5, 5.41) is 5.70. The van der Waals surface area contributed by atoms with Crippen molar-refractivity contribution >= 4 is 5.91 Å². The van der Waals surface area contributed by atoms with E-state index in [0.717, 1.165) is 10.7 Å². The average molecular weight is 247 g/mol. The summed E-state index contributed by atoms with van der Waals surface area (Å²) in [6.07, 6.45) is -1.14. The molecule has 0 spiro atoms. The molecule has 0 aliphatic rings.